The molecule has 8 heteroatoms. The third kappa shape index (κ3) is 6.90. The van der Waals surface area contributed by atoms with E-state index in [1.165, 1.54) is 5.56 Å². The van der Waals surface area contributed by atoms with E-state index in [0.717, 1.165) is 30.2 Å². The number of halogens is 2. The first-order valence-electron chi connectivity index (χ1n) is 7.91. The van der Waals surface area contributed by atoms with Crippen LogP contribution in [0.15, 0.2) is 43.0 Å². The van der Waals surface area contributed by atoms with E-state index < -0.39 is 0 Å². The lowest BCUT2D eigenvalue weighted by Crippen LogP contribution is -2.41. The van der Waals surface area contributed by atoms with Crippen molar-refractivity contribution < 1.29 is 4.79 Å². The van der Waals surface area contributed by atoms with Crippen molar-refractivity contribution in [2.75, 3.05) is 18.1 Å². The van der Waals surface area contributed by atoms with Gasteiger partial charge < -0.3 is 15.2 Å². The fraction of sp³-hybridized carbons (Fsp3) is 0.412. The van der Waals surface area contributed by atoms with Crippen LogP contribution >= 0.6 is 36.6 Å². The minimum atomic E-state index is 0. The Balaban J connectivity index is 0.00000156. The van der Waals surface area contributed by atoms with Crippen LogP contribution in [0.4, 0.5) is 0 Å². The van der Waals surface area contributed by atoms with Gasteiger partial charge in [-0.3, -0.25) is 4.79 Å². The molecule has 1 amide bonds. The molecule has 1 aliphatic rings. The Hall–Kier alpha value is -1.21. The van der Waals surface area contributed by atoms with Crippen molar-refractivity contribution in [1.29, 1.82) is 0 Å². The number of nitrogens with one attached hydrogen (secondary N) is 2. The molecular weight excluding hydrogens is 379 g/mol. The molecule has 138 valence electrons. The molecule has 0 radical (unpaired) electrons. The Labute approximate surface area is 165 Å². The lowest BCUT2D eigenvalue weighted by molar-refractivity contribution is -0.121. The maximum atomic E-state index is 12.1. The van der Waals surface area contributed by atoms with Gasteiger partial charge in [-0.05, 0) is 11.1 Å². The van der Waals surface area contributed by atoms with Crippen LogP contribution in [0, 0.1) is 0 Å². The summed E-state index contributed by atoms with van der Waals surface area (Å²) < 4.78 is 2.03. The lowest BCUT2D eigenvalue weighted by Gasteiger charge is -2.22. The van der Waals surface area contributed by atoms with Gasteiger partial charge in [-0.2, -0.15) is 11.8 Å². The number of amides is 1. The van der Waals surface area contributed by atoms with Gasteiger partial charge in [0, 0.05) is 56.0 Å². The molecule has 5 nitrogen and oxygen atoms in total. The fourth-order valence-corrected chi connectivity index (χ4v) is 3.65. The van der Waals surface area contributed by atoms with Crippen LogP contribution < -0.4 is 10.6 Å². The topological polar surface area (TPSA) is 59.0 Å². The Morgan fingerprint density at radius 3 is 2.80 bits per heavy atom. The summed E-state index contributed by atoms with van der Waals surface area (Å²) in [6, 6.07) is 8.51. The Bertz CT molecular complexity index is 633. The van der Waals surface area contributed by atoms with Crippen LogP contribution in [-0.2, 0) is 17.9 Å². The van der Waals surface area contributed by atoms with Gasteiger partial charge in [-0.25, -0.2) is 4.98 Å². The average molecular weight is 403 g/mol. The zero-order valence-corrected chi connectivity index (χ0v) is 16.3. The quantitative estimate of drug-likeness (QED) is 0.778. The van der Waals surface area contributed by atoms with E-state index in [1.807, 2.05) is 41.0 Å². The molecule has 0 bridgehead atoms. The highest BCUT2D eigenvalue weighted by Crippen LogP contribution is 2.12. The zero-order valence-electron chi connectivity index (χ0n) is 13.9. The number of rotatable bonds is 6. The minimum Gasteiger partial charge on any atom is -0.352 e. The van der Waals surface area contributed by atoms with Crippen molar-refractivity contribution in [3.63, 3.8) is 0 Å². The molecule has 1 saturated heterocycles. The van der Waals surface area contributed by atoms with Crippen LogP contribution in [0.3, 0.4) is 0 Å². The second-order valence-corrected chi connectivity index (χ2v) is 6.86. The number of thioether (sulfide) groups is 1. The summed E-state index contributed by atoms with van der Waals surface area (Å²) in [7, 11) is 0. The SMILES string of the molecule is Cl.Cl.O=C(CC1CSCCN1)NCc1ccccc1Cn1ccnc1. The van der Waals surface area contributed by atoms with Crippen LogP contribution in [0.2, 0.25) is 0 Å². The smallest absolute Gasteiger partial charge is 0.221 e. The van der Waals surface area contributed by atoms with E-state index in [4.69, 9.17) is 0 Å². The highest BCUT2D eigenvalue weighted by atomic mass is 35.5. The summed E-state index contributed by atoms with van der Waals surface area (Å²) in [5.41, 5.74) is 2.36. The second-order valence-electron chi connectivity index (χ2n) is 5.71. The Kier molecular flexibility index (Phi) is 9.97. The number of nitrogens with zero attached hydrogens (tertiary/aromatic N) is 2. The molecule has 0 spiro atoms. The van der Waals surface area contributed by atoms with E-state index in [1.54, 1.807) is 6.20 Å². The molecule has 1 atom stereocenters. The largest absolute Gasteiger partial charge is 0.352 e. The normalized spacial score (nSPS) is 16.4. The van der Waals surface area contributed by atoms with Crippen LogP contribution in [0.1, 0.15) is 17.5 Å². The summed E-state index contributed by atoms with van der Waals surface area (Å²) in [5.74, 6) is 2.27. The third-order valence-electron chi connectivity index (χ3n) is 3.94. The number of carbonyl (C=O) groups excluding carboxylic acids is 1. The molecule has 3 rings (SSSR count). The highest BCUT2D eigenvalue weighted by Gasteiger charge is 2.16. The van der Waals surface area contributed by atoms with Gasteiger partial charge >= 0.3 is 0 Å². The van der Waals surface area contributed by atoms with Gasteiger partial charge in [0.05, 0.1) is 6.33 Å². The summed E-state index contributed by atoms with van der Waals surface area (Å²) in [6.07, 6.45) is 6.08. The van der Waals surface area contributed by atoms with Crippen molar-refractivity contribution in [3.05, 3.63) is 54.1 Å². The average Bonchev–Trinajstić information content (AvgIpc) is 3.08. The van der Waals surface area contributed by atoms with Crippen molar-refractivity contribution in [2.45, 2.75) is 25.6 Å². The van der Waals surface area contributed by atoms with E-state index in [0.29, 0.717) is 19.0 Å². The van der Waals surface area contributed by atoms with Crippen molar-refractivity contribution in [2.24, 2.45) is 0 Å². The molecule has 0 saturated carbocycles. The van der Waals surface area contributed by atoms with Crippen LogP contribution in [0.25, 0.3) is 0 Å². The Morgan fingerprint density at radius 2 is 2.12 bits per heavy atom. The molecule has 2 aromatic rings. The minimum absolute atomic E-state index is 0. The van der Waals surface area contributed by atoms with Gasteiger partial charge in [-0.15, -0.1) is 24.8 Å². The zero-order chi connectivity index (χ0) is 15.9. The van der Waals surface area contributed by atoms with Crippen molar-refractivity contribution in [1.82, 2.24) is 20.2 Å². The predicted molar refractivity (Wildman–Crippen MR) is 108 cm³/mol. The molecule has 1 aliphatic heterocycles. The lowest BCUT2D eigenvalue weighted by atomic mass is 10.1. The van der Waals surface area contributed by atoms with Crippen LogP contribution in [0.5, 0.6) is 0 Å². The van der Waals surface area contributed by atoms with Gasteiger partial charge in [0.1, 0.15) is 0 Å². The van der Waals surface area contributed by atoms with Crippen molar-refractivity contribution in [3.8, 4) is 0 Å². The van der Waals surface area contributed by atoms with E-state index in [2.05, 4.69) is 27.8 Å². The van der Waals surface area contributed by atoms with Gasteiger partial charge in [0.15, 0.2) is 0 Å². The van der Waals surface area contributed by atoms with E-state index in [9.17, 15) is 4.79 Å². The molecule has 2 heterocycles. The Morgan fingerprint density at radius 1 is 1.32 bits per heavy atom. The number of carbonyl (C=O) groups is 1. The van der Waals surface area contributed by atoms with Crippen molar-refractivity contribution >= 4 is 42.5 Å². The molecule has 25 heavy (non-hydrogen) atoms. The number of imidazole rings is 1. The molecule has 1 unspecified atom stereocenters. The maximum Gasteiger partial charge on any atom is 0.221 e. The summed E-state index contributed by atoms with van der Waals surface area (Å²) in [6.45, 7) is 2.34. The maximum absolute atomic E-state index is 12.1. The third-order valence-corrected chi connectivity index (χ3v) is 5.07. The first-order valence-corrected chi connectivity index (χ1v) is 9.07. The number of hydrogen-bond donors (Lipinski definition) is 2. The van der Waals surface area contributed by atoms with E-state index >= 15 is 0 Å². The molecule has 1 aromatic heterocycles. The standard InChI is InChI=1S/C17H22N4OS.2ClH/c22-17(9-16-12-23-8-6-19-16)20-10-14-3-1-2-4-15(14)11-21-7-5-18-13-21;;/h1-5,7,13,16,19H,6,8-12H2,(H,20,22);2*1H. The number of benzene rings is 1. The highest BCUT2D eigenvalue weighted by molar-refractivity contribution is 7.99. The summed E-state index contributed by atoms with van der Waals surface area (Å²) in [5, 5.41) is 6.45. The molecule has 1 aromatic carbocycles. The molecule has 1 fully saturated rings. The molecule has 2 N–H and O–H groups in total. The number of hydrogen-bond acceptors (Lipinski definition) is 4. The summed E-state index contributed by atoms with van der Waals surface area (Å²) >= 11 is 1.91. The van der Waals surface area contributed by atoms with E-state index in [-0.39, 0.29) is 30.7 Å². The van der Waals surface area contributed by atoms with Gasteiger partial charge in [0.25, 0.3) is 0 Å². The fourth-order valence-electron chi connectivity index (χ4n) is 2.70. The van der Waals surface area contributed by atoms with Crippen LogP contribution in [-0.4, -0.2) is 39.6 Å². The van der Waals surface area contributed by atoms with Gasteiger partial charge in [-0.1, -0.05) is 24.3 Å². The molecular formula is C17H24Cl2N4OS. The first-order chi connectivity index (χ1) is 11.3. The monoisotopic (exact) mass is 402 g/mol. The summed E-state index contributed by atoms with van der Waals surface area (Å²) in [4.78, 5) is 16.2. The first kappa shape index (κ1) is 21.8. The molecule has 0 aliphatic carbocycles. The van der Waals surface area contributed by atoms with Gasteiger partial charge in [0.2, 0.25) is 5.91 Å². The number of aromatic nitrogens is 2. The second kappa shape index (κ2) is 11.4. The predicted octanol–water partition coefficient (Wildman–Crippen LogP) is 2.49.